The summed E-state index contributed by atoms with van der Waals surface area (Å²) in [5, 5.41) is 0. The normalized spacial score (nSPS) is 13.7. The zero-order valence-electron chi connectivity index (χ0n) is 16.2. The summed E-state index contributed by atoms with van der Waals surface area (Å²) in [6.07, 6.45) is -2.19. The predicted octanol–water partition coefficient (Wildman–Crippen LogP) is 2.28. The van der Waals surface area contributed by atoms with Crippen molar-refractivity contribution in [2.24, 2.45) is 0 Å². The van der Waals surface area contributed by atoms with Crippen molar-refractivity contribution in [2.75, 3.05) is 13.7 Å². The molecule has 0 fully saturated rings. The van der Waals surface area contributed by atoms with Crippen LogP contribution < -0.4 is 9.47 Å². The molecule has 150 valence electrons. The zero-order valence-corrected chi connectivity index (χ0v) is 16.2. The van der Waals surface area contributed by atoms with E-state index in [0.717, 1.165) is 0 Å². The van der Waals surface area contributed by atoms with E-state index in [1.165, 1.54) is 20.8 Å². The summed E-state index contributed by atoms with van der Waals surface area (Å²) in [5.41, 5.74) is 0. The predicted molar refractivity (Wildman–Crippen MR) is 95.4 cm³/mol. The molecule has 0 spiro atoms. The van der Waals surface area contributed by atoms with E-state index in [9.17, 15) is 14.4 Å². The van der Waals surface area contributed by atoms with Gasteiger partial charge in [0, 0.05) is 27.2 Å². The summed E-state index contributed by atoms with van der Waals surface area (Å²) in [5.74, 6) is -0.345. The Bertz CT molecular complexity index is 625. The molecule has 0 bridgehead atoms. The van der Waals surface area contributed by atoms with Crippen LogP contribution >= 0.6 is 0 Å². The molecule has 1 rings (SSSR count). The molecule has 0 saturated carbocycles. The Balaban J connectivity index is 2.92. The van der Waals surface area contributed by atoms with E-state index in [2.05, 4.69) is 0 Å². The number of hydrogen-bond donors (Lipinski definition) is 0. The van der Waals surface area contributed by atoms with Gasteiger partial charge in [-0.15, -0.1) is 0 Å². The highest BCUT2D eigenvalue weighted by molar-refractivity contribution is 5.67. The van der Waals surface area contributed by atoms with Gasteiger partial charge in [0.25, 0.3) is 0 Å². The molecule has 0 aliphatic carbocycles. The maximum absolute atomic E-state index is 11.5. The molecule has 0 saturated heterocycles. The molecule has 3 atom stereocenters. The summed E-state index contributed by atoms with van der Waals surface area (Å²) in [6, 6.07) is 6.88. The SMILES string of the molecule is COc1ccc(O[C@H](C)[C@@H](OC(C)=O)[C@H](CCOC(C)=O)OC(C)=O)cc1. The third-order valence-electron chi connectivity index (χ3n) is 3.54. The molecule has 1 aromatic carbocycles. The first kappa shape index (κ1) is 22.3. The molecule has 1 aromatic rings. The number of carbonyl (C=O) groups is 3. The first-order chi connectivity index (χ1) is 12.7. The van der Waals surface area contributed by atoms with Crippen LogP contribution in [0.2, 0.25) is 0 Å². The van der Waals surface area contributed by atoms with Crippen LogP contribution in [0.4, 0.5) is 0 Å². The molecule has 27 heavy (non-hydrogen) atoms. The molecular formula is C19H26O8. The second-order valence-electron chi connectivity index (χ2n) is 5.85. The van der Waals surface area contributed by atoms with E-state index < -0.39 is 36.2 Å². The number of benzene rings is 1. The van der Waals surface area contributed by atoms with E-state index in [4.69, 9.17) is 23.7 Å². The minimum atomic E-state index is -0.885. The summed E-state index contributed by atoms with van der Waals surface area (Å²) in [7, 11) is 1.56. The molecule has 0 radical (unpaired) electrons. The molecule has 0 heterocycles. The number of methoxy groups -OCH3 is 1. The number of carbonyl (C=O) groups excluding carboxylic acids is 3. The fraction of sp³-hybridized carbons (Fsp3) is 0.526. The quantitative estimate of drug-likeness (QED) is 0.449. The van der Waals surface area contributed by atoms with Crippen LogP contribution in [0, 0.1) is 0 Å². The van der Waals surface area contributed by atoms with E-state index in [1.54, 1.807) is 38.3 Å². The van der Waals surface area contributed by atoms with Gasteiger partial charge in [-0.05, 0) is 31.2 Å². The van der Waals surface area contributed by atoms with Gasteiger partial charge in [-0.25, -0.2) is 0 Å². The van der Waals surface area contributed by atoms with Crippen molar-refractivity contribution >= 4 is 17.9 Å². The van der Waals surface area contributed by atoms with Crippen LogP contribution in [0.3, 0.4) is 0 Å². The highest BCUT2D eigenvalue weighted by Crippen LogP contribution is 2.22. The van der Waals surface area contributed by atoms with Gasteiger partial charge in [0.2, 0.25) is 0 Å². The standard InChI is InChI=1S/C19H26O8/c1-12(25-17-8-6-16(23-5)7-9-17)19(27-15(4)22)18(26-14(3)21)10-11-24-13(2)20/h6-9,12,18-19H,10-11H2,1-5H3/t12-,18+,19-/m1/s1. The molecular weight excluding hydrogens is 356 g/mol. The van der Waals surface area contributed by atoms with Crippen LogP contribution in [-0.2, 0) is 28.6 Å². The van der Waals surface area contributed by atoms with Crippen molar-refractivity contribution in [2.45, 2.75) is 52.4 Å². The lowest BCUT2D eigenvalue weighted by Gasteiger charge is -2.30. The van der Waals surface area contributed by atoms with Crippen LogP contribution in [0.1, 0.15) is 34.1 Å². The van der Waals surface area contributed by atoms with E-state index >= 15 is 0 Å². The summed E-state index contributed by atoms with van der Waals surface area (Å²) >= 11 is 0. The molecule has 8 heteroatoms. The molecule has 8 nitrogen and oxygen atoms in total. The van der Waals surface area contributed by atoms with Gasteiger partial charge in [0.05, 0.1) is 13.7 Å². The number of hydrogen-bond acceptors (Lipinski definition) is 8. The van der Waals surface area contributed by atoms with Crippen molar-refractivity contribution < 1.29 is 38.1 Å². The summed E-state index contributed by atoms with van der Waals surface area (Å²) < 4.78 is 26.5. The van der Waals surface area contributed by atoms with E-state index in [0.29, 0.717) is 11.5 Å². The maximum atomic E-state index is 11.5. The molecule has 0 aliphatic heterocycles. The minimum absolute atomic E-state index is 0.0142. The molecule has 0 unspecified atom stereocenters. The fourth-order valence-electron chi connectivity index (χ4n) is 2.42. The highest BCUT2D eigenvalue weighted by Gasteiger charge is 2.34. The lowest BCUT2D eigenvalue weighted by Crippen LogP contribution is -2.45. The number of rotatable bonds is 10. The van der Waals surface area contributed by atoms with Crippen LogP contribution in [-0.4, -0.2) is 49.9 Å². The minimum Gasteiger partial charge on any atom is -0.497 e. The average Bonchev–Trinajstić information content (AvgIpc) is 2.58. The largest absolute Gasteiger partial charge is 0.497 e. The molecule has 0 amide bonds. The van der Waals surface area contributed by atoms with Crippen molar-refractivity contribution in [3.8, 4) is 11.5 Å². The topological polar surface area (TPSA) is 97.4 Å². The first-order valence-electron chi connectivity index (χ1n) is 8.51. The van der Waals surface area contributed by atoms with Gasteiger partial charge in [-0.2, -0.15) is 0 Å². The summed E-state index contributed by atoms with van der Waals surface area (Å²) in [6.45, 7) is 5.49. The lowest BCUT2D eigenvalue weighted by molar-refractivity contribution is -0.174. The molecule has 0 aromatic heterocycles. The highest BCUT2D eigenvalue weighted by atomic mass is 16.6. The zero-order chi connectivity index (χ0) is 20.4. The van der Waals surface area contributed by atoms with Crippen molar-refractivity contribution in [3.05, 3.63) is 24.3 Å². The first-order valence-corrected chi connectivity index (χ1v) is 8.51. The second kappa shape index (κ2) is 11.1. The van der Waals surface area contributed by atoms with Gasteiger partial charge >= 0.3 is 17.9 Å². The third kappa shape index (κ3) is 8.44. The Morgan fingerprint density at radius 3 is 1.93 bits per heavy atom. The van der Waals surface area contributed by atoms with Gasteiger partial charge in [-0.3, -0.25) is 14.4 Å². The number of ether oxygens (including phenoxy) is 5. The smallest absolute Gasteiger partial charge is 0.303 e. The van der Waals surface area contributed by atoms with Crippen molar-refractivity contribution in [1.29, 1.82) is 0 Å². The lowest BCUT2D eigenvalue weighted by atomic mass is 10.1. The second-order valence-corrected chi connectivity index (χ2v) is 5.85. The Kier molecular flexibility index (Phi) is 9.12. The Morgan fingerprint density at radius 1 is 0.889 bits per heavy atom. The van der Waals surface area contributed by atoms with E-state index in [1.807, 2.05) is 0 Å². The van der Waals surface area contributed by atoms with Gasteiger partial charge in [0.15, 0.2) is 6.10 Å². The summed E-state index contributed by atoms with van der Waals surface area (Å²) in [4.78, 5) is 34.0. The van der Waals surface area contributed by atoms with Crippen LogP contribution in [0.15, 0.2) is 24.3 Å². The Morgan fingerprint density at radius 2 is 1.44 bits per heavy atom. The Hall–Kier alpha value is -2.77. The fourth-order valence-corrected chi connectivity index (χ4v) is 2.42. The maximum Gasteiger partial charge on any atom is 0.303 e. The van der Waals surface area contributed by atoms with E-state index in [-0.39, 0.29) is 13.0 Å². The monoisotopic (exact) mass is 382 g/mol. The van der Waals surface area contributed by atoms with Crippen LogP contribution in [0.25, 0.3) is 0 Å². The van der Waals surface area contributed by atoms with Gasteiger partial charge in [-0.1, -0.05) is 0 Å². The Labute approximate surface area is 158 Å². The molecule has 0 aliphatic rings. The van der Waals surface area contributed by atoms with Crippen molar-refractivity contribution in [3.63, 3.8) is 0 Å². The average molecular weight is 382 g/mol. The van der Waals surface area contributed by atoms with Crippen LogP contribution in [0.5, 0.6) is 11.5 Å². The van der Waals surface area contributed by atoms with Gasteiger partial charge in [0.1, 0.15) is 23.7 Å². The van der Waals surface area contributed by atoms with Gasteiger partial charge < -0.3 is 23.7 Å². The van der Waals surface area contributed by atoms with Crippen molar-refractivity contribution in [1.82, 2.24) is 0 Å². The number of esters is 3. The third-order valence-corrected chi connectivity index (χ3v) is 3.54. The molecule has 0 N–H and O–H groups in total.